The van der Waals surface area contributed by atoms with Gasteiger partial charge in [0.25, 0.3) is 5.69 Å². The third-order valence-corrected chi connectivity index (χ3v) is 7.81. The zero-order chi connectivity index (χ0) is 20.4. The second-order valence-corrected chi connectivity index (χ2v) is 9.25. The Labute approximate surface area is 163 Å². The normalized spacial score (nSPS) is 37.0. The number of non-ortho nitro benzene ring substituents is 1. The van der Waals surface area contributed by atoms with E-state index in [-0.39, 0.29) is 30.4 Å². The van der Waals surface area contributed by atoms with Gasteiger partial charge in [-0.05, 0) is 12.1 Å². The summed E-state index contributed by atoms with van der Waals surface area (Å²) in [7, 11) is -0.643. The quantitative estimate of drug-likeness (QED) is 0.209. The van der Waals surface area contributed by atoms with E-state index in [2.05, 4.69) is 0 Å². The number of rotatable bonds is 6. The van der Waals surface area contributed by atoms with Crippen molar-refractivity contribution in [3.63, 3.8) is 0 Å². The average molecular weight is 418 g/mol. The highest BCUT2D eigenvalue weighted by molar-refractivity contribution is 7.97. The van der Waals surface area contributed by atoms with Crippen molar-refractivity contribution in [2.45, 2.75) is 42.1 Å². The van der Waals surface area contributed by atoms with Crippen molar-refractivity contribution in [3.05, 3.63) is 39.9 Å². The van der Waals surface area contributed by atoms with Gasteiger partial charge in [-0.25, -0.2) is 0 Å². The molecule has 11 heteroatoms. The van der Waals surface area contributed by atoms with Gasteiger partial charge in [0.1, 0.15) is 42.0 Å². The Kier molecular flexibility index (Phi) is 6.89. The number of aliphatic hydroxyl groups excluding tert-OH is 5. The molecule has 156 valence electrons. The highest BCUT2D eigenvalue weighted by Gasteiger charge is 2.51. The molecule has 0 bridgehead atoms. The summed E-state index contributed by atoms with van der Waals surface area (Å²) in [5.74, 6) is 0.405. The number of ether oxygens (including phenoxy) is 2. The van der Waals surface area contributed by atoms with Crippen LogP contribution in [-0.2, 0) is 20.4 Å². The molecule has 1 aromatic rings. The fraction of sp³-hybridized carbons (Fsp3) is 0.647. The molecule has 5 N–H and O–H groups in total. The summed E-state index contributed by atoms with van der Waals surface area (Å²) >= 11 is 0. The van der Waals surface area contributed by atoms with Crippen molar-refractivity contribution in [3.8, 4) is 0 Å². The van der Waals surface area contributed by atoms with Crippen LogP contribution in [0.1, 0.15) is 11.9 Å². The molecule has 2 heterocycles. The predicted octanol–water partition coefficient (Wildman–Crippen LogP) is -1.55. The zero-order valence-corrected chi connectivity index (χ0v) is 15.7. The van der Waals surface area contributed by atoms with Crippen molar-refractivity contribution in [1.29, 1.82) is 0 Å². The Bertz CT molecular complexity index is 675. The van der Waals surface area contributed by atoms with Crippen molar-refractivity contribution >= 4 is 16.6 Å². The number of aliphatic hydroxyl groups is 5. The van der Waals surface area contributed by atoms with Gasteiger partial charge in [0.15, 0.2) is 11.5 Å². The molecule has 2 aliphatic heterocycles. The maximum atomic E-state index is 10.8. The molecule has 8 atom stereocenters. The van der Waals surface area contributed by atoms with Gasteiger partial charge < -0.3 is 35.0 Å². The van der Waals surface area contributed by atoms with Crippen LogP contribution in [0, 0.1) is 10.1 Å². The zero-order valence-electron chi connectivity index (χ0n) is 14.9. The topological polar surface area (TPSA) is 163 Å². The molecule has 2 unspecified atom stereocenters. The molecular weight excluding hydrogens is 394 g/mol. The van der Waals surface area contributed by atoms with Crippen LogP contribution in [0.5, 0.6) is 0 Å². The van der Waals surface area contributed by atoms with E-state index in [1.54, 1.807) is 0 Å². The molecular formula is C17H24NO9S+. The second-order valence-electron chi connectivity index (χ2n) is 6.90. The number of nitrogens with zero attached hydrogens (tertiary/aromatic N) is 1. The minimum atomic E-state index is -1.10. The van der Waals surface area contributed by atoms with Crippen LogP contribution >= 0.6 is 0 Å². The van der Waals surface area contributed by atoms with Gasteiger partial charge in [0.2, 0.25) is 0 Å². The summed E-state index contributed by atoms with van der Waals surface area (Å²) in [5, 5.41) is 60.2. The van der Waals surface area contributed by atoms with E-state index in [1.807, 2.05) is 0 Å². The van der Waals surface area contributed by atoms with Gasteiger partial charge in [-0.2, -0.15) is 0 Å². The molecule has 0 amide bonds. The van der Waals surface area contributed by atoms with Crippen LogP contribution in [0.15, 0.2) is 24.3 Å². The average Bonchev–Trinajstić information content (AvgIpc) is 2.94. The lowest BCUT2D eigenvalue weighted by Crippen LogP contribution is -2.50. The van der Waals surface area contributed by atoms with Crippen LogP contribution < -0.4 is 0 Å². The monoisotopic (exact) mass is 418 g/mol. The number of hydrogen-bond acceptors (Lipinski definition) is 9. The van der Waals surface area contributed by atoms with Gasteiger partial charge in [-0.3, -0.25) is 10.1 Å². The first-order valence-electron chi connectivity index (χ1n) is 8.82. The van der Waals surface area contributed by atoms with Crippen molar-refractivity contribution in [2.75, 3.05) is 24.7 Å². The Morgan fingerprint density at radius 1 is 1.21 bits per heavy atom. The van der Waals surface area contributed by atoms with Gasteiger partial charge in [-0.15, -0.1) is 0 Å². The summed E-state index contributed by atoms with van der Waals surface area (Å²) in [6.07, 6.45) is -6.07. The fourth-order valence-electron chi connectivity index (χ4n) is 3.43. The first kappa shape index (κ1) is 21.4. The predicted molar refractivity (Wildman–Crippen MR) is 98.7 cm³/mol. The molecule has 2 aliphatic rings. The summed E-state index contributed by atoms with van der Waals surface area (Å²) in [4.78, 5) is 10.2. The standard InChI is InChI=1S/C17H24NO9S/c19-5-14-15(23)12(21)7-28(14)8-13(22)16-11(20)6-26-17(27-16)9-1-3-10(4-2-9)18(24)25/h1-4,11-17,19-23H,5-8H2/q+1/t11-,12-,13-,14-,15+,16+,17?,28?/m1/s1. The summed E-state index contributed by atoms with van der Waals surface area (Å²) in [6, 6.07) is 5.59. The molecule has 10 nitrogen and oxygen atoms in total. The minimum Gasteiger partial charge on any atom is -0.391 e. The molecule has 0 aliphatic carbocycles. The van der Waals surface area contributed by atoms with Crippen LogP contribution in [0.25, 0.3) is 0 Å². The Balaban J connectivity index is 1.66. The van der Waals surface area contributed by atoms with E-state index < -0.39 is 57.9 Å². The van der Waals surface area contributed by atoms with Crippen molar-refractivity contribution < 1.29 is 39.9 Å². The highest BCUT2D eigenvalue weighted by Crippen LogP contribution is 2.31. The van der Waals surface area contributed by atoms with Crippen LogP contribution in [0.2, 0.25) is 0 Å². The SMILES string of the molecule is O=[N+]([O-])c1ccc(C2OC[C@@H](O)[C@@H]([C@H](O)C[S+]3C[C@@H](O)[C@H](O)[C@H]3CO)O2)cc1. The molecule has 0 saturated carbocycles. The molecule has 3 rings (SSSR count). The van der Waals surface area contributed by atoms with Crippen LogP contribution in [0.3, 0.4) is 0 Å². The van der Waals surface area contributed by atoms with Crippen LogP contribution in [-0.4, -0.2) is 90.9 Å². The van der Waals surface area contributed by atoms with Gasteiger partial charge >= 0.3 is 0 Å². The van der Waals surface area contributed by atoms with Crippen molar-refractivity contribution in [1.82, 2.24) is 0 Å². The van der Waals surface area contributed by atoms with Crippen LogP contribution in [0.4, 0.5) is 5.69 Å². The molecule has 2 saturated heterocycles. The number of benzene rings is 1. The van der Waals surface area contributed by atoms with Gasteiger partial charge in [0.05, 0.1) is 18.1 Å². The van der Waals surface area contributed by atoms with E-state index in [0.29, 0.717) is 5.56 Å². The number of nitro benzene ring substituents is 1. The lowest BCUT2D eigenvalue weighted by atomic mass is 10.1. The smallest absolute Gasteiger partial charge is 0.269 e. The molecule has 0 radical (unpaired) electrons. The molecule has 1 aromatic carbocycles. The van der Waals surface area contributed by atoms with E-state index in [9.17, 15) is 35.6 Å². The summed E-state index contributed by atoms with van der Waals surface area (Å²) in [5.41, 5.74) is 0.433. The van der Waals surface area contributed by atoms with E-state index >= 15 is 0 Å². The van der Waals surface area contributed by atoms with Crippen molar-refractivity contribution in [2.24, 2.45) is 0 Å². The minimum absolute atomic E-state index is 0.0780. The lowest BCUT2D eigenvalue weighted by molar-refractivity contribution is -0.384. The molecule has 0 spiro atoms. The number of nitro groups is 1. The fourth-order valence-corrected chi connectivity index (χ4v) is 6.12. The number of hydrogen-bond donors (Lipinski definition) is 5. The van der Waals surface area contributed by atoms with E-state index in [1.165, 1.54) is 24.3 Å². The van der Waals surface area contributed by atoms with E-state index in [0.717, 1.165) is 0 Å². The lowest BCUT2D eigenvalue weighted by Gasteiger charge is -2.36. The Hall–Kier alpha value is -1.31. The van der Waals surface area contributed by atoms with Gasteiger partial charge in [0, 0.05) is 28.6 Å². The third-order valence-electron chi connectivity index (χ3n) is 4.99. The first-order chi connectivity index (χ1) is 13.3. The second kappa shape index (κ2) is 9.01. The highest BCUT2D eigenvalue weighted by atomic mass is 32.2. The van der Waals surface area contributed by atoms with E-state index in [4.69, 9.17) is 9.47 Å². The Morgan fingerprint density at radius 3 is 2.50 bits per heavy atom. The summed E-state index contributed by atoms with van der Waals surface area (Å²) in [6.45, 7) is -0.400. The molecule has 28 heavy (non-hydrogen) atoms. The van der Waals surface area contributed by atoms with Gasteiger partial charge in [-0.1, -0.05) is 0 Å². The largest absolute Gasteiger partial charge is 0.391 e. The first-order valence-corrected chi connectivity index (χ1v) is 10.4. The third kappa shape index (κ3) is 4.47. The maximum absolute atomic E-state index is 10.8. The summed E-state index contributed by atoms with van der Waals surface area (Å²) < 4.78 is 11.1. The maximum Gasteiger partial charge on any atom is 0.269 e. The molecule has 0 aromatic heterocycles. The Morgan fingerprint density at radius 2 is 1.89 bits per heavy atom. The molecule has 2 fully saturated rings.